The van der Waals surface area contributed by atoms with Gasteiger partial charge in [-0.2, -0.15) is 0 Å². The number of nitrogens with zero attached hydrogens (tertiary/aromatic N) is 1. The van der Waals surface area contributed by atoms with Crippen LogP contribution in [0.2, 0.25) is 0 Å². The van der Waals surface area contributed by atoms with E-state index >= 15 is 0 Å². The molecule has 86 valence electrons. The summed E-state index contributed by atoms with van der Waals surface area (Å²) in [6.45, 7) is 3.86. The summed E-state index contributed by atoms with van der Waals surface area (Å²) in [5.41, 5.74) is 1.93. The lowest BCUT2D eigenvalue weighted by Crippen LogP contribution is -2.19. The van der Waals surface area contributed by atoms with Crippen LogP contribution in [0.1, 0.15) is 5.56 Å². The zero-order valence-electron chi connectivity index (χ0n) is 9.22. The fourth-order valence-electron chi connectivity index (χ4n) is 1.45. The van der Waals surface area contributed by atoms with E-state index in [9.17, 15) is 4.79 Å². The van der Waals surface area contributed by atoms with E-state index in [2.05, 4.69) is 16.9 Å². The van der Waals surface area contributed by atoms with Crippen molar-refractivity contribution in [1.82, 2.24) is 10.3 Å². The summed E-state index contributed by atoms with van der Waals surface area (Å²) in [6.07, 6.45) is 4.29. The Kier molecular flexibility index (Phi) is 3.35. The van der Waals surface area contributed by atoms with Crippen molar-refractivity contribution >= 4 is 5.91 Å². The number of hydrogen-bond donors (Lipinski definition) is 1. The minimum atomic E-state index is -0.185. The normalized spacial score (nSPS) is 9.88. The molecule has 2 aromatic rings. The maximum atomic E-state index is 11.0. The number of aromatic nitrogens is 1. The predicted molar refractivity (Wildman–Crippen MR) is 64.0 cm³/mol. The van der Waals surface area contributed by atoms with Gasteiger partial charge in [-0.15, -0.1) is 0 Å². The van der Waals surface area contributed by atoms with Crippen molar-refractivity contribution in [3.05, 3.63) is 55.1 Å². The molecular weight excluding hydrogens is 216 g/mol. The zero-order chi connectivity index (χ0) is 12.1. The van der Waals surface area contributed by atoms with Crippen molar-refractivity contribution in [3.8, 4) is 11.3 Å². The molecule has 0 saturated carbocycles. The first-order valence-corrected chi connectivity index (χ1v) is 5.17. The summed E-state index contributed by atoms with van der Waals surface area (Å²) >= 11 is 0. The Morgan fingerprint density at radius 2 is 2.41 bits per heavy atom. The molecule has 4 nitrogen and oxygen atoms in total. The molecule has 0 radical (unpaired) electrons. The summed E-state index contributed by atoms with van der Waals surface area (Å²) in [5.74, 6) is 0.525. The van der Waals surface area contributed by atoms with Gasteiger partial charge in [-0.05, 0) is 17.7 Å². The Hall–Kier alpha value is -2.36. The monoisotopic (exact) mass is 228 g/mol. The highest BCUT2D eigenvalue weighted by atomic mass is 16.3. The van der Waals surface area contributed by atoms with E-state index in [1.54, 1.807) is 6.20 Å². The second kappa shape index (κ2) is 5.12. The highest BCUT2D eigenvalue weighted by Crippen LogP contribution is 2.19. The molecule has 0 unspecified atom stereocenters. The van der Waals surface area contributed by atoms with Crippen LogP contribution in [-0.4, -0.2) is 10.9 Å². The summed E-state index contributed by atoms with van der Waals surface area (Å²) in [4.78, 5) is 14.9. The predicted octanol–water partition coefficient (Wildman–Crippen LogP) is 2.14. The number of oxazole rings is 1. The molecule has 0 spiro atoms. The maximum Gasteiger partial charge on any atom is 0.243 e. The number of amides is 1. The molecule has 0 aliphatic rings. The van der Waals surface area contributed by atoms with Crippen LogP contribution in [0, 0.1) is 0 Å². The van der Waals surface area contributed by atoms with Crippen LogP contribution in [0.15, 0.2) is 53.9 Å². The molecule has 1 amide bonds. The van der Waals surface area contributed by atoms with Gasteiger partial charge < -0.3 is 9.73 Å². The molecule has 0 saturated heterocycles. The number of hydrogen-bond acceptors (Lipinski definition) is 3. The van der Waals surface area contributed by atoms with Crippen molar-refractivity contribution in [2.45, 2.75) is 6.54 Å². The Morgan fingerprint density at radius 3 is 3.12 bits per heavy atom. The minimum absolute atomic E-state index is 0.185. The first-order chi connectivity index (χ1) is 8.29. The fourth-order valence-corrected chi connectivity index (χ4v) is 1.45. The Balaban J connectivity index is 2.12. The van der Waals surface area contributed by atoms with Crippen molar-refractivity contribution in [1.29, 1.82) is 0 Å². The van der Waals surface area contributed by atoms with Crippen LogP contribution in [-0.2, 0) is 11.3 Å². The number of rotatable bonds is 4. The smallest absolute Gasteiger partial charge is 0.243 e. The molecule has 2 rings (SSSR count). The second-order valence-electron chi connectivity index (χ2n) is 3.49. The van der Waals surface area contributed by atoms with Gasteiger partial charge in [0.15, 0.2) is 12.2 Å². The fraction of sp³-hybridized carbons (Fsp3) is 0.0769. The van der Waals surface area contributed by atoms with Gasteiger partial charge in [0.05, 0.1) is 6.20 Å². The summed E-state index contributed by atoms with van der Waals surface area (Å²) in [7, 11) is 0. The molecule has 0 aliphatic carbocycles. The molecule has 0 aliphatic heterocycles. The first-order valence-electron chi connectivity index (χ1n) is 5.17. The van der Waals surface area contributed by atoms with Crippen molar-refractivity contribution in [3.63, 3.8) is 0 Å². The van der Waals surface area contributed by atoms with Gasteiger partial charge >= 0.3 is 0 Å². The highest BCUT2D eigenvalue weighted by Gasteiger charge is 2.02. The van der Waals surface area contributed by atoms with Gasteiger partial charge in [0.25, 0.3) is 0 Å². The van der Waals surface area contributed by atoms with E-state index in [0.717, 1.165) is 11.1 Å². The molecule has 1 heterocycles. The standard InChI is InChI=1S/C13H12N2O2/c1-2-13(16)15-7-10-4-3-5-11(6-10)12-8-14-9-17-12/h2-6,8-9H,1,7H2,(H,15,16). The van der Waals surface area contributed by atoms with Crippen LogP contribution >= 0.6 is 0 Å². The molecule has 17 heavy (non-hydrogen) atoms. The largest absolute Gasteiger partial charge is 0.444 e. The number of carbonyl (C=O) groups excluding carboxylic acids is 1. The van der Waals surface area contributed by atoms with E-state index in [-0.39, 0.29) is 5.91 Å². The van der Waals surface area contributed by atoms with Crippen molar-refractivity contribution < 1.29 is 9.21 Å². The summed E-state index contributed by atoms with van der Waals surface area (Å²) in [5, 5.41) is 2.72. The topological polar surface area (TPSA) is 55.1 Å². The van der Waals surface area contributed by atoms with Gasteiger partial charge in [0.2, 0.25) is 5.91 Å². The molecule has 0 bridgehead atoms. The molecule has 0 atom stereocenters. The van der Waals surface area contributed by atoms with Crippen LogP contribution in [0.4, 0.5) is 0 Å². The third-order valence-electron chi connectivity index (χ3n) is 2.30. The van der Waals surface area contributed by atoms with E-state index in [1.807, 2.05) is 24.3 Å². The Bertz CT molecular complexity index is 518. The lowest BCUT2D eigenvalue weighted by molar-refractivity contribution is -0.116. The molecule has 1 N–H and O–H groups in total. The molecule has 0 fully saturated rings. The maximum absolute atomic E-state index is 11.0. The molecule has 4 heteroatoms. The van der Waals surface area contributed by atoms with E-state index in [0.29, 0.717) is 12.3 Å². The second-order valence-corrected chi connectivity index (χ2v) is 3.49. The highest BCUT2D eigenvalue weighted by molar-refractivity contribution is 5.86. The lowest BCUT2D eigenvalue weighted by Gasteiger charge is -2.04. The van der Waals surface area contributed by atoms with Crippen molar-refractivity contribution in [2.75, 3.05) is 0 Å². The van der Waals surface area contributed by atoms with Crippen LogP contribution in [0.25, 0.3) is 11.3 Å². The molecule has 1 aromatic heterocycles. The Morgan fingerprint density at radius 1 is 1.53 bits per heavy atom. The van der Waals surface area contributed by atoms with Crippen LogP contribution in [0.3, 0.4) is 0 Å². The number of benzene rings is 1. The third-order valence-corrected chi connectivity index (χ3v) is 2.30. The summed E-state index contributed by atoms with van der Waals surface area (Å²) in [6, 6.07) is 7.72. The van der Waals surface area contributed by atoms with Gasteiger partial charge in [0.1, 0.15) is 0 Å². The van der Waals surface area contributed by atoms with Gasteiger partial charge in [0, 0.05) is 12.1 Å². The SMILES string of the molecule is C=CC(=O)NCc1cccc(-c2cnco2)c1. The summed E-state index contributed by atoms with van der Waals surface area (Å²) < 4.78 is 5.21. The number of nitrogens with one attached hydrogen (secondary N) is 1. The third kappa shape index (κ3) is 2.81. The molecule has 1 aromatic carbocycles. The van der Waals surface area contributed by atoms with E-state index in [4.69, 9.17) is 4.42 Å². The zero-order valence-corrected chi connectivity index (χ0v) is 9.22. The Labute approximate surface area is 99.0 Å². The quantitative estimate of drug-likeness (QED) is 0.816. The van der Waals surface area contributed by atoms with Gasteiger partial charge in [-0.1, -0.05) is 24.8 Å². The van der Waals surface area contributed by atoms with E-state index < -0.39 is 0 Å². The van der Waals surface area contributed by atoms with Crippen LogP contribution < -0.4 is 5.32 Å². The molecular formula is C13H12N2O2. The van der Waals surface area contributed by atoms with E-state index in [1.165, 1.54) is 12.5 Å². The van der Waals surface area contributed by atoms with Crippen molar-refractivity contribution in [2.24, 2.45) is 0 Å². The minimum Gasteiger partial charge on any atom is -0.444 e. The average molecular weight is 228 g/mol. The first kappa shape index (κ1) is 11.1. The van der Waals surface area contributed by atoms with Gasteiger partial charge in [-0.25, -0.2) is 4.98 Å². The average Bonchev–Trinajstić information content (AvgIpc) is 2.90. The van der Waals surface area contributed by atoms with Crippen LogP contribution in [0.5, 0.6) is 0 Å². The number of carbonyl (C=O) groups is 1. The lowest BCUT2D eigenvalue weighted by atomic mass is 10.1. The van der Waals surface area contributed by atoms with Gasteiger partial charge in [-0.3, -0.25) is 4.79 Å².